The van der Waals surface area contributed by atoms with Gasteiger partial charge in [-0.15, -0.1) is 12.4 Å². The standard InChI is InChI=1S/C12H19F3N2O2.ClH/c13-12(14,15)7-1-3-8(4-2-7)17-11(19)10-5-9(18)6-16-10;/h7-10,16,18H,1-6H2,(H,17,19);1H. The monoisotopic (exact) mass is 316 g/mol. The first kappa shape index (κ1) is 17.5. The Hall–Kier alpha value is -0.530. The molecule has 1 saturated carbocycles. The Balaban J connectivity index is 0.00000200. The number of hydrogen-bond acceptors (Lipinski definition) is 3. The number of halogens is 4. The number of β-amino-alcohol motifs (C(OH)–C–C–N with tert-alkyl or cyclic N) is 1. The van der Waals surface area contributed by atoms with Crippen LogP contribution in [0.3, 0.4) is 0 Å². The normalized spacial score (nSPS) is 34.4. The second-order valence-corrected chi connectivity index (χ2v) is 5.45. The number of hydrogen-bond donors (Lipinski definition) is 3. The predicted molar refractivity (Wildman–Crippen MR) is 69.6 cm³/mol. The molecule has 4 nitrogen and oxygen atoms in total. The molecule has 0 bridgehead atoms. The molecule has 2 unspecified atom stereocenters. The van der Waals surface area contributed by atoms with Crippen LogP contribution in [0.5, 0.6) is 0 Å². The summed E-state index contributed by atoms with van der Waals surface area (Å²) in [5.41, 5.74) is 0. The van der Waals surface area contributed by atoms with Crippen molar-refractivity contribution in [1.29, 1.82) is 0 Å². The first-order chi connectivity index (χ1) is 8.86. The van der Waals surface area contributed by atoms with E-state index >= 15 is 0 Å². The first-order valence-electron chi connectivity index (χ1n) is 6.65. The summed E-state index contributed by atoms with van der Waals surface area (Å²) in [4.78, 5) is 11.8. The van der Waals surface area contributed by atoms with Crippen molar-refractivity contribution in [2.24, 2.45) is 5.92 Å². The van der Waals surface area contributed by atoms with Gasteiger partial charge in [0.05, 0.1) is 18.1 Å². The Kier molecular flexibility index (Phi) is 6.09. The number of alkyl halides is 3. The van der Waals surface area contributed by atoms with E-state index in [1.165, 1.54) is 0 Å². The van der Waals surface area contributed by atoms with Gasteiger partial charge in [0.25, 0.3) is 0 Å². The van der Waals surface area contributed by atoms with Crippen molar-refractivity contribution in [3.8, 4) is 0 Å². The smallest absolute Gasteiger partial charge is 0.391 e. The van der Waals surface area contributed by atoms with E-state index in [1.807, 2.05) is 0 Å². The third-order valence-corrected chi connectivity index (χ3v) is 3.96. The molecule has 2 aliphatic rings. The van der Waals surface area contributed by atoms with Crippen molar-refractivity contribution in [1.82, 2.24) is 10.6 Å². The molecule has 1 aliphatic carbocycles. The van der Waals surface area contributed by atoms with Crippen LogP contribution in [0.1, 0.15) is 32.1 Å². The Morgan fingerprint density at radius 3 is 2.25 bits per heavy atom. The zero-order valence-corrected chi connectivity index (χ0v) is 11.8. The molecule has 118 valence electrons. The molecule has 1 saturated heterocycles. The lowest BCUT2D eigenvalue weighted by Gasteiger charge is -2.30. The van der Waals surface area contributed by atoms with Crippen molar-refractivity contribution in [3.05, 3.63) is 0 Å². The van der Waals surface area contributed by atoms with E-state index in [0.717, 1.165) is 0 Å². The molecule has 0 spiro atoms. The summed E-state index contributed by atoms with van der Waals surface area (Å²) >= 11 is 0. The zero-order chi connectivity index (χ0) is 14.0. The van der Waals surface area contributed by atoms with Crippen molar-refractivity contribution in [2.75, 3.05) is 6.54 Å². The van der Waals surface area contributed by atoms with Crippen LogP contribution in [-0.4, -0.2) is 41.9 Å². The first-order valence-corrected chi connectivity index (χ1v) is 6.65. The third-order valence-electron chi connectivity index (χ3n) is 3.96. The van der Waals surface area contributed by atoms with Crippen LogP contribution in [0.25, 0.3) is 0 Å². The summed E-state index contributed by atoms with van der Waals surface area (Å²) in [7, 11) is 0. The lowest BCUT2D eigenvalue weighted by Crippen LogP contribution is -2.47. The van der Waals surface area contributed by atoms with Gasteiger partial charge in [-0.1, -0.05) is 0 Å². The van der Waals surface area contributed by atoms with Gasteiger partial charge in [-0.05, 0) is 32.1 Å². The Morgan fingerprint density at radius 1 is 1.20 bits per heavy atom. The average Bonchev–Trinajstić information content (AvgIpc) is 2.75. The van der Waals surface area contributed by atoms with Gasteiger partial charge >= 0.3 is 6.18 Å². The van der Waals surface area contributed by atoms with Gasteiger partial charge in [-0.25, -0.2) is 0 Å². The fourth-order valence-electron chi connectivity index (χ4n) is 2.78. The minimum Gasteiger partial charge on any atom is -0.392 e. The topological polar surface area (TPSA) is 61.4 Å². The summed E-state index contributed by atoms with van der Waals surface area (Å²) in [5.74, 6) is -1.45. The van der Waals surface area contributed by atoms with Crippen molar-refractivity contribution >= 4 is 18.3 Å². The van der Waals surface area contributed by atoms with Gasteiger partial charge in [0, 0.05) is 12.6 Å². The van der Waals surface area contributed by atoms with Crippen LogP contribution in [0, 0.1) is 5.92 Å². The molecule has 20 heavy (non-hydrogen) atoms. The maximum Gasteiger partial charge on any atom is 0.391 e. The molecule has 0 aromatic heterocycles. The summed E-state index contributed by atoms with van der Waals surface area (Å²) in [6, 6.07) is -0.596. The van der Waals surface area contributed by atoms with Crippen LogP contribution in [-0.2, 0) is 4.79 Å². The van der Waals surface area contributed by atoms with Gasteiger partial charge < -0.3 is 15.7 Å². The summed E-state index contributed by atoms with van der Waals surface area (Å²) in [5, 5.41) is 15.0. The molecule has 1 amide bonds. The molecule has 3 N–H and O–H groups in total. The number of aliphatic hydroxyl groups is 1. The summed E-state index contributed by atoms with van der Waals surface area (Å²) in [6.45, 7) is 0.388. The van der Waals surface area contributed by atoms with Crippen LogP contribution in [0.15, 0.2) is 0 Å². The fraction of sp³-hybridized carbons (Fsp3) is 0.917. The lowest BCUT2D eigenvalue weighted by molar-refractivity contribution is -0.182. The molecule has 2 rings (SSSR count). The second-order valence-electron chi connectivity index (χ2n) is 5.45. The fourth-order valence-corrected chi connectivity index (χ4v) is 2.78. The van der Waals surface area contributed by atoms with Crippen LogP contribution in [0.2, 0.25) is 0 Å². The lowest BCUT2D eigenvalue weighted by atomic mass is 9.85. The van der Waals surface area contributed by atoms with Crippen molar-refractivity contribution in [3.63, 3.8) is 0 Å². The molecule has 0 radical (unpaired) electrons. The van der Waals surface area contributed by atoms with Crippen LogP contribution >= 0.6 is 12.4 Å². The summed E-state index contributed by atoms with van der Waals surface area (Å²) < 4.78 is 37.5. The SMILES string of the molecule is Cl.O=C(NC1CCC(C(F)(F)F)CC1)C1CC(O)CN1. The van der Waals surface area contributed by atoms with E-state index in [4.69, 9.17) is 0 Å². The number of amides is 1. The van der Waals surface area contributed by atoms with Crippen molar-refractivity contribution < 1.29 is 23.1 Å². The molecule has 1 aliphatic heterocycles. The molecule has 1 heterocycles. The number of carbonyl (C=O) groups excluding carboxylic acids is 1. The molecule has 2 fully saturated rings. The maximum atomic E-state index is 12.5. The van der Waals surface area contributed by atoms with E-state index in [0.29, 0.717) is 25.8 Å². The van der Waals surface area contributed by atoms with Gasteiger partial charge in [-0.3, -0.25) is 4.79 Å². The number of carbonyl (C=O) groups is 1. The molecule has 2 atom stereocenters. The second kappa shape index (κ2) is 6.95. The highest BCUT2D eigenvalue weighted by Gasteiger charge is 2.41. The number of aliphatic hydroxyl groups excluding tert-OH is 1. The van der Waals surface area contributed by atoms with Gasteiger partial charge in [0.15, 0.2) is 0 Å². The Labute approximate surface area is 121 Å². The van der Waals surface area contributed by atoms with E-state index in [-0.39, 0.29) is 37.2 Å². The van der Waals surface area contributed by atoms with E-state index in [1.54, 1.807) is 0 Å². The number of rotatable bonds is 2. The largest absolute Gasteiger partial charge is 0.392 e. The molecular weight excluding hydrogens is 297 g/mol. The van der Waals surface area contributed by atoms with E-state index < -0.39 is 24.2 Å². The zero-order valence-electron chi connectivity index (χ0n) is 10.9. The molecule has 0 aromatic rings. The van der Waals surface area contributed by atoms with E-state index in [9.17, 15) is 23.1 Å². The quantitative estimate of drug-likeness (QED) is 0.721. The highest BCUT2D eigenvalue weighted by Crippen LogP contribution is 2.37. The third kappa shape index (κ3) is 4.49. The number of nitrogens with one attached hydrogen (secondary N) is 2. The highest BCUT2D eigenvalue weighted by atomic mass is 35.5. The summed E-state index contributed by atoms with van der Waals surface area (Å²) in [6.07, 6.45) is -3.38. The Bertz CT molecular complexity index is 333. The van der Waals surface area contributed by atoms with Gasteiger partial charge in [0.1, 0.15) is 0 Å². The molecule has 0 aromatic carbocycles. The molecular formula is C12H20ClF3N2O2. The van der Waals surface area contributed by atoms with Gasteiger partial charge in [0.2, 0.25) is 5.91 Å². The van der Waals surface area contributed by atoms with Crippen LogP contribution in [0.4, 0.5) is 13.2 Å². The van der Waals surface area contributed by atoms with E-state index in [2.05, 4.69) is 10.6 Å². The highest BCUT2D eigenvalue weighted by molar-refractivity contribution is 5.85. The minimum absolute atomic E-state index is 0. The average molecular weight is 317 g/mol. The minimum atomic E-state index is -4.12. The molecule has 8 heteroatoms. The van der Waals surface area contributed by atoms with Gasteiger partial charge in [-0.2, -0.15) is 13.2 Å². The maximum absolute atomic E-state index is 12.5. The van der Waals surface area contributed by atoms with Crippen LogP contribution < -0.4 is 10.6 Å². The Morgan fingerprint density at radius 2 is 1.80 bits per heavy atom. The predicted octanol–water partition coefficient (Wildman–Crippen LogP) is 1.37. The van der Waals surface area contributed by atoms with Crippen molar-refractivity contribution in [2.45, 2.75) is 56.5 Å².